The highest BCUT2D eigenvalue weighted by molar-refractivity contribution is 8.17. The van der Waals surface area contributed by atoms with Crippen LogP contribution in [-0.4, -0.2) is 26.4 Å². The molecule has 0 unspecified atom stereocenters. The maximum Gasteiger partial charge on any atom is 0.283 e. The number of benzene rings is 2. The molecule has 33 heavy (non-hydrogen) atoms. The van der Waals surface area contributed by atoms with Crippen molar-refractivity contribution >= 4 is 40.4 Å². The molecule has 5 nitrogen and oxygen atoms in total. The molecular weight excluding hydrogens is 428 g/mol. The zero-order valence-electron chi connectivity index (χ0n) is 19.0. The van der Waals surface area contributed by atoms with Gasteiger partial charge in [0.05, 0.1) is 17.0 Å². The standard InChI is InChI=1S/C27H24N4OS/c1-16-9-8-10-17(2)24(16)30-18(3)13-21(19(30)4)14-22-25(28)31-23(20-11-6-5-7-12-20)15-33-27(31)29-26(22)32/h5-15,28H,1-4H3/b22-14-,28-25?. The van der Waals surface area contributed by atoms with E-state index in [1.54, 1.807) is 4.90 Å². The molecule has 0 radical (unpaired) electrons. The molecule has 0 spiro atoms. The highest BCUT2D eigenvalue weighted by Gasteiger charge is 2.36. The van der Waals surface area contributed by atoms with E-state index in [-0.39, 0.29) is 11.7 Å². The first-order valence-corrected chi connectivity index (χ1v) is 11.7. The molecule has 2 aliphatic heterocycles. The second-order valence-electron chi connectivity index (χ2n) is 8.33. The summed E-state index contributed by atoms with van der Waals surface area (Å²) in [6.45, 7) is 8.34. The number of aromatic nitrogens is 1. The molecule has 164 valence electrons. The number of aliphatic imine (C=N–C) groups is 1. The molecule has 0 aliphatic carbocycles. The first-order valence-electron chi connectivity index (χ1n) is 10.8. The summed E-state index contributed by atoms with van der Waals surface area (Å²) in [5, 5.41) is 11.4. The minimum atomic E-state index is -0.377. The number of nitrogens with one attached hydrogen (secondary N) is 1. The van der Waals surface area contributed by atoms with Gasteiger partial charge in [0.2, 0.25) is 0 Å². The second kappa shape index (κ2) is 8.05. The van der Waals surface area contributed by atoms with E-state index in [4.69, 9.17) is 5.41 Å². The summed E-state index contributed by atoms with van der Waals surface area (Å²) in [5.41, 5.74) is 8.72. The van der Waals surface area contributed by atoms with Gasteiger partial charge < -0.3 is 4.57 Å². The Morgan fingerprint density at radius 1 is 0.970 bits per heavy atom. The van der Waals surface area contributed by atoms with Crippen LogP contribution in [0.4, 0.5) is 0 Å². The highest BCUT2D eigenvalue weighted by atomic mass is 32.2. The molecule has 6 heteroatoms. The van der Waals surface area contributed by atoms with Crippen LogP contribution in [0, 0.1) is 33.1 Å². The van der Waals surface area contributed by atoms with E-state index in [1.807, 2.05) is 41.8 Å². The number of amides is 1. The SMILES string of the molecule is Cc1cccc(C)c1-n1c(C)cc(/C=C2/C(=N)N3C(c4ccccc4)=CSC3=NC2=O)c1C. The Hall–Kier alpha value is -3.64. The van der Waals surface area contributed by atoms with Crippen LogP contribution >= 0.6 is 11.8 Å². The molecule has 0 saturated carbocycles. The number of hydrogen-bond acceptors (Lipinski definition) is 3. The van der Waals surface area contributed by atoms with Crippen molar-refractivity contribution in [2.45, 2.75) is 27.7 Å². The van der Waals surface area contributed by atoms with Crippen molar-refractivity contribution in [1.82, 2.24) is 9.47 Å². The maximum absolute atomic E-state index is 12.9. The molecule has 0 bridgehead atoms. The van der Waals surface area contributed by atoms with Crippen LogP contribution in [0.2, 0.25) is 0 Å². The lowest BCUT2D eigenvalue weighted by Gasteiger charge is -2.26. The number of thioether (sulfide) groups is 1. The van der Waals surface area contributed by atoms with Gasteiger partial charge in [0.25, 0.3) is 5.91 Å². The lowest BCUT2D eigenvalue weighted by Crippen LogP contribution is -2.38. The summed E-state index contributed by atoms with van der Waals surface area (Å²) in [6, 6.07) is 18.2. The van der Waals surface area contributed by atoms with E-state index < -0.39 is 0 Å². The van der Waals surface area contributed by atoms with Crippen molar-refractivity contribution in [3.63, 3.8) is 0 Å². The number of carbonyl (C=O) groups excluding carboxylic acids is 1. The van der Waals surface area contributed by atoms with Gasteiger partial charge in [-0.25, -0.2) is 0 Å². The molecule has 1 amide bonds. The molecular formula is C27H24N4OS. The average Bonchev–Trinajstić information content (AvgIpc) is 3.33. The van der Waals surface area contributed by atoms with Gasteiger partial charge >= 0.3 is 0 Å². The fraction of sp³-hybridized carbons (Fsp3) is 0.148. The van der Waals surface area contributed by atoms with E-state index in [0.29, 0.717) is 10.7 Å². The smallest absolute Gasteiger partial charge is 0.283 e. The van der Waals surface area contributed by atoms with Crippen molar-refractivity contribution in [3.05, 3.63) is 99.2 Å². The summed E-state index contributed by atoms with van der Waals surface area (Å²) >= 11 is 1.38. The van der Waals surface area contributed by atoms with Gasteiger partial charge in [-0.2, -0.15) is 4.99 Å². The molecule has 0 fully saturated rings. The van der Waals surface area contributed by atoms with Crippen LogP contribution in [-0.2, 0) is 4.79 Å². The number of para-hydroxylation sites is 1. The zero-order chi connectivity index (χ0) is 23.3. The summed E-state index contributed by atoms with van der Waals surface area (Å²) < 4.78 is 2.23. The Labute approximate surface area is 197 Å². The molecule has 1 N–H and O–H groups in total. The third-order valence-corrected chi connectivity index (χ3v) is 6.94. The molecule has 0 atom stereocenters. The molecule has 0 saturated heterocycles. The predicted octanol–water partition coefficient (Wildman–Crippen LogP) is 6.02. The Morgan fingerprint density at radius 3 is 2.36 bits per heavy atom. The van der Waals surface area contributed by atoms with Crippen LogP contribution < -0.4 is 0 Å². The quantitative estimate of drug-likeness (QED) is 0.495. The van der Waals surface area contributed by atoms with Crippen LogP contribution in [0.5, 0.6) is 0 Å². The number of nitrogens with zero attached hydrogens (tertiary/aromatic N) is 3. The second-order valence-corrected chi connectivity index (χ2v) is 9.17. The summed E-state index contributed by atoms with van der Waals surface area (Å²) in [4.78, 5) is 19.0. The maximum atomic E-state index is 12.9. The van der Waals surface area contributed by atoms with E-state index >= 15 is 0 Å². The summed E-state index contributed by atoms with van der Waals surface area (Å²) in [6.07, 6.45) is 1.81. The summed E-state index contributed by atoms with van der Waals surface area (Å²) in [7, 11) is 0. The van der Waals surface area contributed by atoms with Crippen molar-refractivity contribution in [2.75, 3.05) is 0 Å². The topological polar surface area (TPSA) is 61.5 Å². The normalized spacial score (nSPS) is 16.8. The molecule has 2 aromatic carbocycles. The number of amidine groups is 2. The van der Waals surface area contributed by atoms with Crippen LogP contribution in [0.1, 0.15) is 33.6 Å². The molecule has 2 aliphatic rings. The van der Waals surface area contributed by atoms with Gasteiger partial charge in [0, 0.05) is 16.8 Å². The number of hydrogen-bond donors (Lipinski definition) is 1. The van der Waals surface area contributed by atoms with Crippen LogP contribution in [0.25, 0.3) is 17.5 Å². The average molecular weight is 453 g/mol. The fourth-order valence-corrected chi connectivity index (χ4v) is 5.40. The van der Waals surface area contributed by atoms with E-state index in [0.717, 1.165) is 33.9 Å². The number of fused-ring (bicyclic) bond motifs is 1. The molecule has 5 rings (SSSR count). The number of carbonyl (C=O) groups is 1. The first-order chi connectivity index (χ1) is 15.9. The minimum absolute atomic E-state index is 0.155. The Bertz CT molecular complexity index is 1390. The molecule has 3 heterocycles. The molecule has 1 aromatic heterocycles. The third-order valence-electron chi connectivity index (χ3n) is 6.12. The van der Waals surface area contributed by atoms with Crippen molar-refractivity contribution in [3.8, 4) is 5.69 Å². The fourth-order valence-electron chi connectivity index (χ4n) is 4.51. The van der Waals surface area contributed by atoms with Gasteiger partial charge in [0.15, 0.2) is 5.17 Å². The van der Waals surface area contributed by atoms with Gasteiger partial charge in [-0.3, -0.25) is 15.1 Å². The Balaban J connectivity index is 1.58. The van der Waals surface area contributed by atoms with Crippen molar-refractivity contribution in [1.29, 1.82) is 5.41 Å². The minimum Gasteiger partial charge on any atom is -0.317 e. The lowest BCUT2D eigenvalue weighted by atomic mass is 10.1. The van der Waals surface area contributed by atoms with Crippen LogP contribution in [0.3, 0.4) is 0 Å². The Morgan fingerprint density at radius 2 is 1.67 bits per heavy atom. The van der Waals surface area contributed by atoms with Crippen LogP contribution in [0.15, 0.2) is 70.6 Å². The van der Waals surface area contributed by atoms with E-state index in [9.17, 15) is 4.79 Å². The van der Waals surface area contributed by atoms with Gasteiger partial charge in [0.1, 0.15) is 5.84 Å². The largest absolute Gasteiger partial charge is 0.317 e. The Kier molecular flexibility index (Phi) is 5.17. The number of aryl methyl sites for hydroxylation is 3. The van der Waals surface area contributed by atoms with E-state index in [2.05, 4.69) is 61.5 Å². The monoisotopic (exact) mass is 452 g/mol. The van der Waals surface area contributed by atoms with Gasteiger partial charge in [-0.05, 0) is 62.1 Å². The first kappa shape index (κ1) is 21.2. The van der Waals surface area contributed by atoms with Crippen molar-refractivity contribution in [2.24, 2.45) is 4.99 Å². The van der Waals surface area contributed by atoms with Crippen molar-refractivity contribution < 1.29 is 4.79 Å². The van der Waals surface area contributed by atoms with E-state index in [1.165, 1.54) is 22.9 Å². The molecule has 3 aromatic rings. The third kappa shape index (κ3) is 3.47. The van der Waals surface area contributed by atoms with Gasteiger partial charge in [-0.15, -0.1) is 0 Å². The zero-order valence-corrected chi connectivity index (χ0v) is 19.8. The summed E-state index contributed by atoms with van der Waals surface area (Å²) in [5.74, 6) is -0.222. The highest BCUT2D eigenvalue weighted by Crippen LogP contribution is 2.37. The lowest BCUT2D eigenvalue weighted by molar-refractivity contribution is -0.114. The predicted molar refractivity (Wildman–Crippen MR) is 137 cm³/mol. The number of rotatable bonds is 3. The van der Waals surface area contributed by atoms with Gasteiger partial charge in [-0.1, -0.05) is 60.3 Å².